The summed E-state index contributed by atoms with van der Waals surface area (Å²) in [7, 11) is -5.31. The van der Waals surface area contributed by atoms with Crippen molar-refractivity contribution in [2.45, 2.75) is 83.6 Å². The van der Waals surface area contributed by atoms with Crippen molar-refractivity contribution in [3.8, 4) is 6.07 Å². The third-order valence-electron chi connectivity index (χ3n) is 8.14. The Balaban J connectivity index is 1.79. The lowest BCUT2D eigenvalue weighted by Gasteiger charge is -2.21. The van der Waals surface area contributed by atoms with E-state index in [2.05, 4.69) is 25.7 Å². The monoisotopic (exact) mass is 701 g/mol. The predicted molar refractivity (Wildman–Crippen MR) is 197 cm³/mol. The van der Waals surface area contributed by atoms with E-state index in [9.17, 15) is 18.2 Å². The van der Waals surface area contributed by atoms with Gasteiger partial charge >= 0.3 is 0 Å². The second kappa shape index (κ2) is 13.3. The average Bonchev–Trinajstić information content (AvgIpc) is 3.60. The van der Waals surface area contributed by atoms with E-state index in [0.717, 1.165) is 22.7 Å². The van der Waals surface area contributed by atoms with Crippen LogP contribution in [0, 0.1) is 32.1 Å². The van der Waals surface area contributed by atoms with Crippen LogP contribution in [0.5, 0.6) is 0 Å². The van der Waals surface area contributed by atoms with Gasteiger partial charge in [-0.2, -0.15) is 5.26 Å². The molecule has 5 rings (SSSR count). The van der Waals surface area contributed by atoms with Crippen molar-refractivity contribution in [1.29, 1.82) is 5.26 Å². The molecule has 252 valence electrons. The summed E-state index contributed by atoms with van der Waals surface area (Å²) in [5.41, 5.74) is 5.84. The van der Waals surface area contributed by atoms with Gasteiger partial charge in [-0.3, -0.25) is 4.57 Å². The first-order chi connectivity index (χ1) is 22.4. The minimum atomic E-state index is -3.94. The summed E-state index contributed by atoms with van der Waals surface area (Å²) >= 11 is -1.70. The third kappa shape index (κ3) is 7.16. The highest BCUT2D eigenvalue weighted by Gasteiger charge is 2.32. The van der Waals surface area contributed by atoms with Gasteiger partial charge in [-0.15, -0.1) is 0 Å². The Morgan fingerprint density at radius 3 is 2.35 bits per heavy atom. The van der Waals surface area contributed by atoms with Crippen LogP contribution in [0.2, 0.25) is 25.7 Å². The molecule has 5 aromatic rings. The molecule has 0 bridgehead atoms. The zero-order valence-electron chi connectivity index (χ0n) is 29.1. The molecule has 12 heteroatoms. The summed E-state index contributed by atoms with van der Waals surface area (Å²) < 4.78 is 55.4. The lowest BCUT2D eigenvalue weighted by atomic mass is 9.96. The minimum absolute atomic E-state index is 0.142. The van der Waals surface area contributed by atoms with Crippen LogP contribution in [-0.2, 0) is 32.9 Å². The van der Waals surface area contributed by atoms with Crippen molar-refractivity contribution >= 4 is 57.1 Å². The largest absolute Gasteiger partial charge is 0.591 e. The van der Waals surface area contributed by atoms with E-state index in [1.54, 1.807) is 54.7 Å². The Kier molecular flexibility index (Phi) is 9.85. The Morgan fingerprint density at radius 1 is 1.04 bits per heavy atom. The molecule has 0 saturated carbocycles. The molecule has 9 nitrogen and oxygen atoms in total. The fraction of sp³-hybridized carbons (Fsp3) is 0.361. The van der Waals surface area contributed by atoms with Crippen LogP contribution in [0.15, 0.2) is 70.1 Å². The maximum absolute atomic E-state index is 14.0. The maximum Gasteiger partial charge on any atom is 0.268 e. The molecule has 1 unspecified atom stereocenters. The number of nitrogens with zero attached hydrogens (tertiary/aromatic N) is 5. The molecule has 1 atom stereocenters. The number of rotatable bonds is 10. The third-order valence-corrected chi connectivity index (χ3v) is 12.9. The number of hydrogen-bond donors (Lipinski definition) is 0. The summed E-state index contributed by atoms with van der Waals surface area (Å²) in [6.45, 7) is 18.9. The van der Waals surface area contributed by atoms with Crippen LogP contribution < -0.4 is 0 Å². The van der Waals surface area contributed by atoms with E-state index in [1.165, 1.54) is 3.97 Å². The number of ether oxygens (including phenoxy) is 1. The van der Waals surface area contributed by atoms with Crippen molar-refractivity contribution in [2.24, 2.45) is 4.40 Å². The molecular weight excluding hydrogens is 659 g/mol. The van der Waals surface area contributed by atoms with Gasteiger partial charge in [0.05, 0.1) is 33.1 Å². The SMILES string of the molecule is Cc1ccc(S(=O)(=O)n2ccc3c(C(=N[S+]([O-])C(C)(C)C)c4nc5ccc(C#N)cc5n4COCC[Si](C)(C)C)c(C)cc(C)c32)cc1. The molecule has 0 saturated heterocycles. The molecule has 0 amide bonds. The molecule has 0 fully saturated rings. The van der Waals surface area contributed by atoms with Gasteiger partial charge in [-0.25, -0.2) is 17.4 Å². The van der Waals surface area contributed by atoms with E-state index >= 15 is 0 Å². The first-order valence-corrected chi connectivity index (χ1v) is 22.1. The first kappa shape index (κ1) is 35.6. The molecule has 2 heterocycles. The number of imidazole rings is 1. The summed E-state index contributed by atoms with van der Waals surface area (Å²) in [6, 6.07) is 18.9. The molecule has 0 aliphatic heterocycles. The molecule has 0 radical (unpaired) electrons. The number of benzene rings is 3. The van der Waals surface area contributed by atoms with Gasteiger partial charge in [-0.05, 0) is 95.1 Å². The van der Waals surface area contributed by atoms with Gasteiger partial charge in [0.2, 0.25) is 0 Å². The fourth-order valence-electron chi connectivity index (χ4n) is 5.47. The molecule has 0 aliphatic carbocycles. The van der Waals surface area contributed by atoms with E-state index in [4.69, 9.17) is 14.1 Å². The van der Waals surface area contributed by atoms with Gasteiger partial charge in [-0.1, -0.05) is 47.8 Å². The van der Waals surface area contributed by atoms with E-state index < -0.39 is 34.2 Å². The van der Waals surface area contributed by atoms with Crippen LogP contribution in [0.25, 0.3) is 21.9 Å². The topological polar surface area (TPSA) is 125 Å². The Hall–Kier alpha value is -3.73. The minimum Gasteiger partial charge on any atom is -0.591 e. The summed E-state index contributed by atoms with van der Waals surface area (Å²) in [6.07, 6.45) is 1.57. The molecule has 3 aromatic carbocycles. The van der Waals surface area contributed by atoms with Crippen molar-refractivity contribution in [3.63, 3.8) is 0 Å². The quantitative estimate of drug-likeness (QED) is 0.0638. The van der Waals surface area contributed by atoms with Gasteiger partial charge < -0.3 is 9.29 Å². The number of aromatic nitrogens is 3. The molecule has 48 heavy (non-hydrogen) atoms. The number of nitriles is 1. The second-order valence-corrected chi connectivity index (χ2v) is 23.7. The normalized spacial score (nSPS) is 13.7. The van der Waals surface area contributed by atoms with Gasteiger partial charge in [0.25, 0.3) is 10.0 Å². The molecule has 2 aromatic heterocycles. The van der Waals surface area contributed by atoms with Crippen LogP contribution in [0.4, 0.5) is 0 Å². The lowest BCUT2D eigenvalue weighted by Crippen LogP contribution is -2.28. The molecule has 0 spiro atoms. The van der Waals surface area contributed by atoms with Crippen molar-refractivity contribution in [1.82, 2.24) is 13.5 Å². The fourth-order valence-corrected chi connectivity index (χ4v) is 8.25. The smallest absolute Gasteiger partial charge is 0.268 e. The highest BCUT2D eigenvalue weighted by molar-refractivity contribution is 7.91. The van der Waals surface area contributed by atoms with Crippen LogP contribution in [-0.4, -0.2) is 51.6 Å². The number of hydrogen-bond acceptors (Lipinski definition) is 7. The standard InChI is InChI=1S/C36H43N5O4S2Si/c1-24-10-13-28(14-11-24)47(43,44)41-17-16-29-32(25(2)20-26(3)34(29)41)33(39-46(42)36(4,5)6)35-38-30-15-12-27(22-37)21-31(30)40(35)23-45-18-19-48(7,8)9/h10-17,20-21H,18-19,23H2,1-9H3. The van der Waals surface area contributed by atoms with Gasteiger partial charge in [0.1, 0.15) is 22.8 Å². The van der Waals surface area contributed by atoms with E-state index in [-0.39, 0.29) is 11.6 Å². The average molecular weight is 702 g/mol. The highest BCUT2D eigenvalue weighted by atomic mass is 32.2. The van der Waals surface area contributed by atoms with E-state index in [0.29, 0.717) is 51.2 Å². The van der Waals surface area contributed by atoms with Gasteiger partial charge in [0.15, 0.2) is 11.5 Å². The maximum atomic E-state index is 14.0. The van der Waals surface area contributed by atoms with Gasteiger partial charge in [0, 0.05) is 31.8 Å². The molecule has 0 aliphatic rings. The summed E-state index contributed by atoms with van der Waals surface area (Å²) in [5, 5.41) is 10.4. The zero-order chi connectivity index (χ0) is 35.2. The molecular formula is C36H43N5O4S2Si. The summed E-state index contributed by atoms with van der Waals surface area (Å²) in [5.74, 6) is 0.424. The Labute approximate surface area is 287 Å². The van der Waals surface area contributed by atoms with Crippen LogP contribution in [0.1, 0.15) is 54.4 Å². The molecule has 0 N–H and O–H groups in total. The lowest BCUT2D eigenvalue weighted by molar-refractivity contribution is 0.0895. The van der Waals surface area contributed by atoms with Crippen molar-refractivity contribution in [3.05, 3.63) is 94.4 Å². The van der Waals surface area contributed by atoms with Crippen LogP contribution in [0.3, 0.4) is 0 Å². The predicted octanol–water partition coefficient (Wildman–Crippen LogP) is 7.64. The highest BCUT2D eigenvalue weighted by Crippen LogP contribution is 2.34. The zero-order valence-corrected chi connectivity index (χ0v) is 31.7. The number of fused-ring (bicyclic) bond motifs is 2. The second-order valence-electron chi connectivity index (χ2n) is 14.4. The van der Waals surface area contributed by atoms with Crippen molar-refractivity contribution in [2.75, 3.05) is 6.61 Å². The summed E-state index contributed by atoms with van der Waals surface area (Å²) in [4.78, 5) is 5.18. The van der Waals surface area contributed by atoms with Crippen molar-refractivity contribution < 1.29 is 17.7 Å². The Bertz CT molecular complexity index is 2180. The Morgan fingerprint density at radius 2 is 1.73 bits per heavy atom. The first-order valence-electron chi connectivity index (χ1n) is 15.9. The van der Waals surface area contributed by atoms with Crippen LogP contribution >= 0.6 is 0 Å². The number of aryl methyl sites for hydroxylation is 3. The van der Waals surface area contributed by atoms with E-state index in [1.807, 2.05) is 52.2 Å².